The summed E-state index contributed by atoms with van der Waals surface area (Å²) in [7, 11) is 0. The molecule has 0 aliphatic carbocycles. The number of halogens is 2. The van der Waals surface area contributed by atoms with Gasteiger partial charge >= 0.3 is 0 Å². The molecule has 0 bridgehead atoms. The number of Topliss-reactive ketones (excluding diaryl/α,β-unsaturated/α-hetero) is 1. The molecular formula is C21H23Cl2N3O2. The summed E-state index contributed by atoms with van der Waals surface area (Å²) in [4.78, 5) is 28.4. The third kappa shape index (κ3) is 4.85. The molecule has 1 saturated heterocycles. The molecule has 148 valence electrons. The molecule has 1 atom stereocenters. The predicted octanol–water partition coefficient (Wildman–Crippen LogP) is 4.35. The maximum Gasteiger partial charge on any atom is 0.241 e. The minimum absolute atomic E-state index is 0.0658. The fraction of sp³-hybridized carbons (Fsp3) is 0.333. The summed E-state index contributed by atoms with van der Waals surface area (Å²) >= 11 is 12.1. The maximum absolute atomic E-state index is 12.6. The second kappa shape index (κ2) is 8.95. The fourth-order valence-corrected chi connectivity index (χ4v) is 3.61. The quantitative estimate of drug-likeness (QED) is 0.731. The van der Waals surface area contributed by atoms with Crippen LogP contribution >= 0.6 is 23.2 Å². The number of nitrogens with one attached hydrogen (secondary N) is 1. The van der Waals surface area contributed by atoms with Crippen LogP contribution in [-0.2, 0) is 4.79 Å². The molecule has 0 spiro atoms. The lowest BCUT2D eigenvalue weighted by atomic mass is 10.1. The first-order valence-electron chi connectivity index (χ1n) is 9.21. The van der Waals surface area contributed by atoms with Crippen molar-refractivity contribution in [2.75, 3.05) is 36.4 Å². The number of rotatable bonds is 5. The molecule has 1 fully saturated rings. The first-order valence-corrected chi connectivity index (χ1v) is 9.96. The lowest BCUT2D eigenvalue weighted by Gasteiger charge is -2.38. The summed E-state index contributed by atoms with van der Waals surface area (Å²) in [5, 5.41) is 3.85. The van der Waals surface area contributed by atoms with Crippen LogP contribution in [0.15, 0.2) is 42.5 Å². The Morgan fingerprint density at radius 3 is 2.25 bits per heavy atom. The van der Waals surface area contributed by atoms with Crippen molar-refractivity contribution in [1.82, 2.24) is 4.90 Å². The number of amides is 1. The number of ketones is 1. The van der Waals surface area contributed by atoms with Crippen LogP contribution < -0.4 is 10.2 Å². The third-order valence-corrected chi connectivity index (χ3v) is 5.63. The molecule has 7 heteroatoms. The Balaban J connectivity index is 1.57. The van der Waals surface area contributed by atoms with E-state index in [4.69, 9.17) is 23.2 Å². The molecule has 1 aliphatic heterocycles. The van der Waals surface area contributed by atoms with Crippen LogP contribution in [0.2, 0.25) is 10.0 Å². The molecule has 2 aromatic rings. The molecule has 1 heterocycles. The van der Waals surface area contributed by atoms with Crippen LogP contribution in [0.25, 0.3) is 0 Å². The highest BCUT2D eigenvalue weighted by atomic mass is 35.5. The minimum atomic E-state index is -0.280. The van der Waals surface area contributed by atoms with Crippen LogP contribution in [0.4, 0.5) is 11.4 Å². The molecule has 5 nitrogen and oxygen atoms in total. The molecule has 0 aromatic heterocycles. The summed E-state index contributed by atoms with van der Waals surface area (Å²) in [5.41, 5.74) is 2.33. The lowest BCUT2D eigenvalue weighted by Crippen LogP contribution is -2.52. The SMILES string of the molecule is CC(=O)c1ccc(N2CCN([C@H](C)C(=O)Nc3cc(Cl)ccc3Cl)CC2)cc1. The van der Waals surface area contributed by atoms with Crippen LogP contribution in [-0.4, -0.2) is 48.8 Å². The highest BCUT2D eigenvalue weighted by Crippen LogP contribution is 2.26. The van der Waals surface area contributed by atoms with Gasteiger partial charge in [0.2, 0.25) is 5.91 Å². The van der Waals surface area contributed by atoms with E-state index >= 15 is 0 Å². The van der Waals surface area contributed by atoms with Gasteiger partial charge in [-0.15, -0.1) is 0 Å². The summed E-state index contributed by atoms with van der Waals surface area (Å²) in [6, 6.07) is 12.4. The van der Waals surface area contributed by atoms with Crippen molar-refractivity contribution in [2.24, 2.45) is 0 Å². The van der Waals surface area contributed by atoms with Gasteiger partial charge in [-0.3, -0.25) is 14.5 Å². The molecule has 28 heavy (non-hydrogen) atoms. The second-order valence-corrected chi connectivity index (χ2v) is 7.76. The zero-order valence-electron chi connectivity index (χ0n) is 15.9. The van der Waals surface area contributed by atoms with Gasteiger partial charge < -0.3 is 10.2 Å². The Hall–Kier alpha value is -2.08. The molecule has 0 radical (unpaired) electrons. The lowest BCUT2D eigenvalue weighted by molar-refractivity contribution is -0.120. The molecule has 1 N–H and O–H groups in total. The fourth-order valence-electron chi connectivity index (χ4n) is 3.27. The number of nitrogens with zero attached hydrogens (tertiary/aromatic N) is 2. The Bertz CT molecular complexity index is 862. The van der Waals surface area contributed by atoms with E-state index in [2.05, 4.69) is 15.1 Å². The van der Waals surface area contributed by atoms with E-state index in [1.54, 1.807) is 25.1 Å². The average Bonchev–Trinajstić information content (AvgIpc) is 2.70. The summed E-state index contributed by atoms with van der Waals surface area (Å²) < 4.78 is 0. The van der Waals surface area contributed by atoms with Gasteiger partial charge in [-0.25, -0.2) is 0 Å². The van der Waals surface area contributed by atoms with Crippen molar-refractivity contribution in [2.45, 2.75) is 19.9 Å². The zero-order valence-corrected chi connectivity index (χ0v) is 17.4. The molecule has 1 aliphatic rings. The third-order valence-electron chi connectivity index (χ3n) is 5.07. The Morgan fingerprint density at radius 2 is 1.64 bits per heavy atom. The van der Waals surface area contributed by atoms with Crippen molar-refractivity contribution in [3.05, 3.63) is 58.1 Å². The standard InChI is InChI=1S/C21H23Cl2N3O2/c1-14(21(28)24-20-13-17(22)5-8-19(20)23)25-9-11-26(12-10-25)18-6-3-16(4-7-18)15(2)27/h3-8,13-14H,9-12H2,1-2H3,(H,24,28)/t14-/m1/s1. The van der Waals surface area contributed by atoms with Crippen LogP contribution in [0.3, 0.4) is 0 Å². The number of carbonyl (C=O) groups is 2. The topological polar surface area (TPSA) is 52.7 Å². The molecule has 0 unspecified atom stereocenters. The van der Waals surface area contributed by atoms with Crippen LogP contribution in [0.1, 0.15) is 24.2 Å². The Morgan fingerprint density at radius 1 is 1.00 bits per heavy atom. The number of hydrogen-bond acceptors (Lipinski definition) is 4. The van der Waals surface area contributed by atoms with Crippen molar-refractivity contribution < 1.29 is 9.59 Å². The highest BCUT2D eigenvalue weighted by molar-refractivity contribution is 6.35. The van der Waals surface area contributed by atoms with E-state index < -0.39 is 0 Å². The Kier molecular flexibility index (Phi) is 6.60. The van der Waals surface area contributed by atoms with Gasteiger partial charge in [-0.2, -0.15) is 0 Å². The normalized spacial score (nSPS) is 15.9. The van der Waals surface area contributed by atoms with E-state index in [9.17, 15) is 9.59 Å². The smallest absolute Gasteiger partial charge is 0.241 e. The van der Waals surface area contributed by atoms with E-state index in [0.717, 1.165) is 31.9 Å². The largest absolute Gasteiger partial charge is 0.369 e. The summed E-state index contributed by atoms with van der Waals surface area (Å²) in [6.45, 7) is 6.63. The van der Waals surface area contributed by atoms with Gasteiger partial charge in [0, 0.05) is 42.5 Å². The van der Waals surface area contributed by atoms with Crippen molar-refractivity contribution >= 4 is 46.3 Å². The molecule has 3 rings (SSSR count). The molecule has 1 amide bonds. The summed E-state index contributed by atoms with van der Waals surface area (Å²) in [6.07, 6.45) is 0. The number of benzene rings is 2. The second-order valence-electron chi connectivity index (χ2n) is 6.92. The number of piperazine rings is 1. The van der Waals surface area contributed by atoms with Gasteiger partial charge in [-0.1, -0.05) is 23.2 Å². The Labute approximate surface area is 175 Å². The summed E-state index contributed by atoms with van der Waals surface area (Å²) in [5.74, 6) is -0.0422. The van der Waals surface area contributed by atoms with E-state index in [-0.39, 0.29) is 17.7 Å². The maximum atomic E-state index is 12.6. The van der Waals surface area contributed by atoms with Crippen LogP contribution in [0.5, 0.6) is 0 Å². The van der Waals surface area contributed by atoms with Gasteiger partial charge in [0.1, 0.15) is 0 Å². The highest BCUT2D eigenvalue weighted by Gasteiger charge is 2.26. The van der Waals surface area contributed by atoms with Gasteiger partial charge in [-0.05, 0) is 56.3 Å². The van der Waals surface area contributed by atoms with Crippen LogP contribution in [0, 0.1) is 0 Å². The number of hydrogen-bond donors (Lipinski definition) is 1. The van der Waals surface area contributed by atoms with Gasteiger partial charge in [0.25, 0.3) is 0 Å². The van der Waals surface area contributed by atoms with Crippen molar-refractivity contribution in [1.29, 1.82) is 0 Å². The molecule has 0 saturated carbocycles. The first kappa shape index (κ1) is 20.6. The minimum Gasteiger partial charge on any atom is -0.369 e. The number of carbonyl (C=O) groups excluding carboxylic acids is 2. The predicted molar refractivity (Wildman–Crippen MR) is 115 cm³/mol. The van der Waals surface area contributed by atoms with Crippen molar-refractivity contribution in [3.8, 4) is 0 Å². The van der Waals surface area contributed by atoms with E-state index in [1.165, 1.54) is 0 Å². The monoisotopic (exact) mass is 419 g/mol. The van der Waals surface area contributed by atoms with Gasteiger partial charge in [0.15, 0.2) is 5.78 Å². The van der Waals surface area contributed by atoms with E-state index in [0.29, 0.717) is 21.3 Å². The van der Waals surface area contributed by atoms with Crippen molar-refractivity contribution in [3.63, 3.8) is 0 Å². The van der Waals surface area contributed by atoms with Gasteiger partial charge in [0.05, 0.1) is 16.8 Å². The average molecular weight is 420 g/mol. The number of anilines is 2. The molecule has 2 aromatic carbocycles. The first-order chi connectivity index (χ1) is 13.3. The molecular weight excluding hydrogens is 397 g/mol. The zero-order chi connectivity index (χ0) is 20.3. The van der Waals surface area contributed by atoms with E-state index in [1.807, 2.05) is 31.2 Å².